The van der Waals surface area contributed by atoms with E-state index in [1.165, 1.54) is 32.1 Å². The Labute approximate surface area is 323 Å². The van der Waals surface area contributed by atoms with Gasteiger partial charge in [-0.2, -0.15) is 0 Å². The van der Waals surface area contributed by atoms with Crippen molar-refractivity contribution in [3.63, 3.8) is 0 Å². The standard InChI is InChI=1S/C42H76NO9P/c1-6-8-10-11-12-13-14-15-16-19-22-25-29-33-41(45)49-37-40(38-51-53(47,48)50-36-35-43(3,4)5)52-42(46)34-30-26-23-20-17-18-21-24-28-32-39(44)31-27-9-7-2/h9,13-14,21,24,27-28,32,39-40,44H,6-8,10-12,15-20,22-23,25-26,29-31,33-38H2,1-5H3/b14-13-,24-21+,27-9+,32-28+/t39?,40-/m1/s1. The average Bonchev–Trinajstić information content (AvgIpc) is 3.09. The molecule has 0 heterocycles. The molecule has 3 atom stereocenters. The molecule has 0 spiro atoms. The van der Waals surface area contributed by atoms with Crippen LogP contribution >= 0.6 is 7.82 Å². The Kier molecular flexibility index (Phi) is 33.1. The average molecular weight is 770 g/mol. The number of aliphatic hydroxyl groups is 1. The molecule has 0 aromatic rings. The number of ether oxygens (including phenoxy) is 2. The van der Waals surface area contributed by atoms with Crippen molar-refractivity contribution >= 4 is 19.8 Å². The van der Waals surface area contributed by atoms with E-state index in [2.05, 4.69) is 32.1 Å². The third kappa shape index (κ3) is 38.0. The van der Waals surface area contributed by atoms with Gasteiger partial charge in [-0.25, -0.2) is 0 Å². The normalized spacial score (nSPS) is 14.8. The smallest absolute Gasteiger partial charge is 0.306 e. The summed E-state index contributed by atoms with van der Waals surface area (Å²) < 4.78 is 33.7. The van der Waals surface area contributed by atoms with Crippen molar-refractivity contribution in [1.29, 1.82) is 0 Å². The number of hydrogen-bond donors (Lipinski definition) is 1. The molecule has 10 nitrogen and oxygen atoms in total. The van der Waals surface area contributed by atoms with Crippen LogP contribution in [0.1, 0.15) is 149 Å². The van der Waals surface area contributed by atoms with Crippen LogP contribution in [0.2, 0.25) is 0 Å². The number of esters is 2. The third-order valence-electron chi connectivity index (χ3n) is 8.41. The quantitative estimate of drug-likeness (QED) is 0.0165. The van der Waals surface area contributed by atoms with Crippen molar-refractivity contribution in [2.24, 2.45) is 0 Å². The molecule has 0 aromatic heterocycles. The number of phosphoric ester groups is 1. The monoisotopic (exact) mass is 770 g/mol. The van der Waals surface area contributed by atoms with Crippen LogP contribution in [0.5, 0.6) is 0 Å². The number of carbonyl (C=O) groups excluding carboxylic acids is 2. The first-order valence-corrected chi connectivity index (χ1v) is 21.9. The molecule has 0 bridgehead atoms. The fourth-order valence-electron chi connectivity index (χ4n) is 5.15. The molecule has 0 radical (unpaired) electrons. The van der Waals surface area contributed by atoms with E-state index in [4.69, 9.17) is 18.5 Å². The van der Waals surface area contributed by atoms with Crippen LogP contribution in [0.3, 0.4) is 0 Å². The lowest BCUT2D eigenvalue weighted by atomic mass is 10.1. The second kappa shape index (κ2) is 34.4. The highest BCUT2D eigenvalue weighted by molar-refractivity contribution is 7.45. The van der Waals surface area contributed by atoms with Gasteiger partial charge in [-0.15, -0.1) is 0 Å². The molecule has 0 aliphatic heterocycles. The van der Waals surface area contributed by atoms with Gasteiger partial charge in [0.1, 0.15) is 19.8 Å². The zero-order valence-electron chi connectivity index (χ0n) is 34.1. The zero-order valence-corrected chi connectivity index (χ0v) is 35.0. The Morgan fingerprint density at radius 2 is 1.26 bits per heavy atom. The molecule has 0 aliphatic carbocycles. The minimum Gasteiger partial charge on any atom is -0.756 e. The molecule has 0 amide bonds. The molecule has 0 saturated heterocycles. The molecule has 1 N–H and O–H groups in total. The summed E-state index contributed by atoms with van der Waals surface area (Å²) >= 11 is 0. The highest BCUT2D eigenvalue weighted by atomic mass is 31.2. The van der Waals surface area contributed by atoms with Gasteiger partial charge in [0.2, 0.25) is 0 Å². The number of quaternary nitrogens is 1. The molecule has 0 saturated carbocycles. The topological polar surface area (TPSA) is 131 Å². The van der Waals surface area contributed by atoms with Gasteiger partial charge < -0.3 is 33.0 Å². The second-order valence-corrected chi connectivity index (χ2v) is 16.2. The minimum absolute atomic E-state index is 0.0474. The number of hydrogen-bond acceptors (Lipinski definition) is 9. The van der Waals surface area contributed by atoms with Gasteiger partial charge in [-0.05, 0) is 64.2 Å². The Morgan fingerprint density at radius 3 is 1.87 bits per heavy atom. The number of phosphoric acid groups is 1. The van der Waals surface area contributed by atoms with E-state index in [1.54, 1.807) is 6.08 Å². The summed E-state index contributed by atoms with van der Waals surface area (Å²) in [5.41, 5.74) is 0. The summed E-state index contributed by atoms with van der Waals surface area (Å²) in [6.45, 7) is 3.92. The van der Waals surface area contributed by atoms with E-state index in [9.17, 15) is 24.2 Å². The van der Waals surface area contributed by atoms with Crippen LogP contribution in [-0.2, 0) is 32.7 Å². The first kappa shape index (κ1) is 50.9. The van der Waals surface area contributed by atoms with Crippen molar-refractivity contribution in [3.05, 3.63) is 48.6 Å². The summed E-state index contributed by atoms with van der Waals surface area (Å²) in [5, 5.41) is 9.87. The van der Waals surface area contributed by atoms with Gasteiger partial charge in [0.15, 0.2) is 6.10 Å². The van der Waals surface area contributed by atoms with E-state index >= 15 is 0 Å². The lowest BCUT2D eigenvalue weighted by molar-refractivity contribution is -0.870. The molecule has 0 aliphatic rings. The molecule has 0 rings (SSSR count). The summed E-state index contributed by atoms with van der Waals surface area (Å²) in [5.74, 6) is -0.903. The van der Waals surface area contributed by atoms with E-state index in [-0.39, 0.29) is 26.1 Å². The van der Waals surface area contributed by atoms with Crippen LogP contribution in [0.25, 0.3) is 0 Å². The lowest BCUT2D eigenvalue weighted by Crippen LogP contribution is -2.37. The molecule has 0 aromatic carbocycles. The maximum Gasteiger partial charge on any atom is 0.306 e. The Bertz CT molecular complexity index is 1070. The van der Waals surface area contributed by atoms with Crippen LogP contribution in [0, 0.1) is 0 Å². The van der Waals surface area contributed by atoms with Crippen molar-refractivity contribution in [2.45, 2.75) is 161 Å². The number of rotatable bonds is 36. The van der Waals surface area contributed by atoms with E-state index in [1.807, 2.05) is 45.4 Å². The lowest BCUT2D eigenvalue weighted by Gasteiger charge is -2.28. The van der Waals surface area contributed by atoms with Crippen LogP contribution in [0.4, 0.5) is 0 Å². The fraction of sp³-hybridized carbons (Fsp3) is 0.762. The first-order valence-electron chi connectivity index (χ1n) is 20.5. The fourth-order valence-corrected chi connectivity index (χ4v) is 5.88. The number of carbonyl (C=O) groups is 2. The van der Waals surface area contributed by atoms with E-state index in [0.717, 1.165) is 70.6 Å². The summed E-state index contributed by atoms with van der Waals surface area (Å²) in [6.07, 6.45) is 34.7. The first-order chi connectivity index (χ1) is 25.4. The van der Waals surface area contributed by atoms with E-state index in [0.29, 0.717) is 30.3 Å². The number of allylic oxidation sites excluding steroid dienone is 6. The molecule has 11 heteroatoms. The zero-order chi connectivity index (χ0) is 39.5. The van der Waals surface area contributed by atoms with Crippen molar-refractivity contribution in [3.8, 4) is 0 Å². The minimum atomic E-state index is -4.64. The molecular weight excluding hydrogens is 693 g/mol. The van der Waals surface area contributed by atoms with Gasteiger partial charge in [0, 0.05) is 12.8 Å². The maximum absolute atomic E-state index is 12.6. The van der Waals surface area contributed by atoms with Crippen molar-refractivity contribution < 1.29 is 47.2 Å². The largest absolute Gasteiger partial charge is 0.756 e. The Morgan fingerprint density at radius 1 is 0.698 bits per heavy atom. The molecule has 308 valence electrons. The van der Waals surface area contributed by atoms with Crippen molar-refractivity contribution in [2.75, 3.05) is 47.5 Å². The van der Waals surface area contributed by atoms with Crippen LogP contribution in [-0.4, -0.2) is 81.2 Å². The van der Waals surface area contributed by atoms with Crippen LogP contribution < -0.4 is 4.89 Å². The van der Waals surface area contributed by atoms with Crippen LogP contribution in [0.15, 0.2) is 48.6 Å². The summed E-state index contributed by atoms with van der Waals surface area (Å²) in [6, 6.07) is 0. The summed E-state index contributed by atoms with van der Waals surface area (Å²) in [4.78, 5) is 37.4. The molecular formula is C42H76NO9P. The number of likely N-dealkylation sites (N-methyl/N-ethyl adjacent to an activating group) is 1. The van der Waals surface area contributed by atoms with Gasteiger partial charge in [0.05, 0.1) is 33.9 Å². The Hall–Kier alpha value is -2.07. The summed E-state index contributed by atoms with van der Waals surface area (Å²) in [7, 11) is 1.11. The van der Waals surface area contributed by atoms with Gasteiger partial charge in [-0.1, -0.05) is 120 Å². The van der Waals surface area contributed by atoms with Gasteiger partial charge >= 0.3 is 11.9 Å². The van der Waals surface area contributed by atoms with Crippen molar-refractivity contribution in [1.82, 2.24) is 0 Å². The highest BCUT2D eigenvalue weighted by Crippen LogP contribution is 2.38. The van der Waals surface area contributed by atoms with Gasteiger partial charge in [-0.3, -0.25) is 14.2 Å². The Balaban J connectivity index is 4.50. The molecule has 0 fully saturated rings. The number of unbranched alkanes of at least 4 members (excludes halogenated alkanes) is 14. The second-order valence-electron chi connectivity index (χ2n) is 14.8. The number of nitrogens with zero attached hydrogens (tertiary/aromatic N) is 1. The van der Waals surface area contributed by atoms with E-state index < -0.39 is 38.6 Å². The predicted octanol–water partition coefficient (Wildman–Crippen LogP) is 9.47. The third-order valence-corrected chi connectivity index (χ3v) is 9.38. The molecule has 2 unspecified atom stereocenters. The SMILES string of the molecule is CC/C=C/CC(O)/C=C/C=C/CCCCCCCC(=O)O[C@H](COC(=O)CCCCCCC/C=C\CCCCCC)COP(=O)([O-])OCC[N+](C)(C)C. The highest BCUT2D eigenvalue weighted by Gasteiger charge is 2.21. The maximum atomic E-state index is 12.6. The van der Waals surface area contributed by atoms with Gasteiger partial charge in [0.25, 0.3) is 7.82 Å². The predicted molar refractivity (Wildman–Crippen MR) is 214 cm³/mol. The number of aliphatic hydroxyl groups excluding tert-OH is 1. The molecule has 53 heavy (non-hydrogen) atoms.